The Morgan fingerprint density at radius 3 is 2.32 bits per heavy atom. The van der Waals surface area contributed by atoms with E-state index in [2.05, 4.69) is 5.16 Å². The minimum atomic E-state index is -0.201. The van der Waals surface area contributed by atoms with Crippen molar-refractivity contribution in [2.45, 2.75) is 13.1 Å². The van der Waals surface area contributed by atoms with E-state index in [0.717, 1.165) is 11.1 Å². The second-order valence-electron chi connectivity index (χ2n) is 8.67. The molecule has 2 aliphatic rings. The topological polar surface area (TPSA) is 102 Å². The third kappa shape index (κ3) is 4.52. The Kier molecular flexibility index (Phi) is 6.12. The van der Waals surface area contributed by atoms with Gasteiger partial charge in [-0.2, -0.15) is 0 Å². The van der Waals surface area contributed by atoms with Gasteiger partial charge in [0, 0.05) is 24.2 Å². The molecule has 0 N–H and O–H groups in total. The molecular formula is C28H24N2O8. The molecule has 3 heterocycles. The number of nitrogens with zero attached hydrogens (tertiary/aromatic N) is 2. The fourth-order valence-corrected chi connectivity index (χ4v) is 4.38. The highest BCUT2D eigenvalue weighted by Crippen LogP contribution is 2.36. The van der Waals surface area contributed by atoms with E-state index in [1.54, 1.807) is 49.5 Å². The maximum absolute atomic E-state index is 13.7. The number of benzene rings is 3. The molecule has 0 saturated heterocycles. The van der Waals surface area contributed by atoms with Crippen LogP contribution in [0.2, 0.25) is 0 Å². The van der Waals surface area contributed by atoms with Crippen LogP contribution in [0.3, 0.4) is 0 Å². The lowest BCUT2D eigenvalue weighted by Gasteiger charge is -2.22. The maximum Gasteiger partial charge on any atom is 0.254 e. The van der Waals surface area contributed by atoms with E-state index in [1.165, 1.54) is 0 Å². The SMILES string of the molecule is COc1ccc(-c2cc(CN(Cc3ccc4c(c3)OCO4)C(=O)c3ccc4c(c3)OCO4)no2)c(OC)c1. The van der Waals surface area contributed by atoms with Gasteiger partial charge in [-0.15, -0.1) is 0 Å². The molecule has 0 fully saturated rings. The van der Waals surface area contributed by atoms with Gasteiger partial charge >= 0.3 is 0 Å². The normalized spacial score (nSPS) is 12.9. The van der Waals surface area contributed by atoms with Crippen LogP contribution in [0.1, 0.15) is 21.6 Å². The standard InChI is InChI=1S/C28H24N2O8/c1-32-20-5-6-21(24(12-20)33-2)25-11-19(29-38-25)14-30(13-17-3-7-22-26(9-17)36-15-34-22)28(31)18-4-8-23-27(10-18)37-16-35-23/h3-12H,13-16H2,1-2H3. The fourth-order valence-electron chi connectivity index (χ4n) is 4.38. The van der Waals surface area contributed by atoms with Gasteiger partial charge in [-0.1, -0.05) is 11.2 Å². The number of aromatic nitrogens is 1. The lowest BCUT2D eigenvalue weighted by molar-refractivity contribution is 0.0725. The minimum Gasteiger partial charge on any atom is -0.497 e. The molecular weight excluding hydrogens is 492 g/mol. The van der Waals surface area contributed by atoms with Crippen LogP contribution in [-0.4, -0.2) is 43.8 Å². The Morgan fingerprint density at radius 1 is 0.816 bits per heavy atom. The summed E-state index contributed by atoms with van der Waals surface area (Å²) >= 11 is 0. The Bertz CT molecular complexity index is 1500. The Morgan fingerprint density at radius 2 is 1.55 bits per heavy atom. The van der Waals surface area contributed by atoms with Gasteiger partial charge in [0.05, 0.1) is 26.3 Å². The molecule has 0 radical (unpaired) electrons. The zero-order chi connectivity index (χ0) is 26.1. The van der Waals surface area contributed by atoms with Crippen LogP contribution in [0.5, 0.6) is 34.5 Å². The van der Waals surface area contributed by atoms with E-state index in [9.17, 15) is 4.79 Å². The molecule has 10 nitrogen and oxygen atoms in total. The predicted molar refractivity (Wildman–Crippen MR) is 134 cm³/mol. The quantitative estimate of drug-likeness (QED) is 0.331. The third-order valence-electron chi connectivity index (χ3n) is 6.30. The van der Waals surface area contributed by atoms with Crippen molar-refractivity contribution >= 4 is 5.91 Å². The van der Waals surface area contributed by atoms with Crippen LogP contribution in [0.25, 0.3) is 11.3 Å². The molecule has 2 aliphatic heterocycles. The first kappa shape index (κ1) is 23.5. The van der Waals surface area contributed by atoms with Crippen LogP contribution in [0, 0.1) is 0 Å². The highest BCUT2D eigenvalue weighted by atomic mass is 16.7. The molecule has 6 rings (SSSR count). The fraction of sp³-hybridized carbons (Fsp3) is 0.214. The summed E-state index contributed by atoms with van der Waals surface area (Å²) in [7, 11) is 3.17. The first-order valence-electron chi connectivity index (χ1n) is 11.9. The molecule has 0 aliphatic carbocycles. The van der Waals surface area contributed by atoms with Gasteiger partial charge in [-0.25, -0.2) is 0 Å². The monoisotopic (exact) mass is 516 g/mol. The van der Waals surface area contributed by atoms with E-state index in [1.807, 2.05) is 30.3 Å². The lowest BCUT2D eigenvalue weighted by atomic mass is 10.1. The summed E-state index contributed by atoms with van der Waals surface area (Å²) in [4.78, 5) is 15.4. The number of hydrogen-bond acceptors (Lipinski definition) is 9. The molecule has 38 heavy (non-hydrogen) atoms. The summed E-state index contributed by atoms with van der Waals surface area (Å²) < 4.78 is 38.2. The molecule has 0 saturated carbocycles. The van der Waals surface area contributed by atoms with Gasteiger partial charge in [-0.3, -0.25) is 4.79 Å². The average Bonchev–Trinajstić information content (AvgIpc) is 3.72. The van der Waals surface area contributed by atoms with Gasteiger partial charge in [0.25, 0.3) is 5.91 Å². The number of rotatable bonds is 8. The second kappa shape index (κ2) is 9.89. The number of hydrogen-bond donors (Lipinski definition) is 0. The Hall–Kier alpha value is -4.86. The second-order valence-corrected chi connectivity index (χ2v) is 8.67. The zero-order valence-corrected chi connectivity index (χ0v) is 20.8. The number of ether oxygens (including phenoxy) is 6. The largest absolute Gasteiger partial charge is 0.497 e. The van der Waals surface area contributed by atoms with Crippen LogP contribution in [0.4, 0.5) is 0 Å². The predicted octanol–water partition coefficient (Wildman–Crippen LogP) is 4.66. The molecule has 0 unspecified atom stereocenters. The van der Waals surface area contributed by atoms with Crippen molar-refractivity contribution in [3.05, 3.63) is 77.5 Å². The molecule has 1 aromatic heterocycles. The smallest absolute Gasteiger partial charge is 0.254 e. The van der Waals surface area contributed by atoms with Crippen molar-refractivity contribution in [2.75, 3.05) is 27.8 Å². The first-order valence-corrected chi connectivity index (χ1v) is 11.9. The van der Waals surface area contributed by atoms with Crippen molar-refractivity contribution in [2.24, 2.45) is 0 Å². The third-order valence-corrected chi connectivity index (χ3v) is 6.30. The Labute approximate surface area is 218 Å². The minimum absolute atomic E-state index is 0.129. The molecule has 0 spiro atoms. The number of methoxy groups -OCH3 is 2. The molecule has 0 atom stereocenters. The summed E-state index contributed by atoms with van der Waals surface area (Å²) in [6.07, 6.45) is 0. The molecule has 194 valence electrons. The van der Waals surface area contributed by atoms with E-state index in [-0.39, 0.29) is 26.0 Å². The number of amides is 1. The van der Waals surface area contributed by atoms with Gasteiger partial charge in [0.15, 0.2) is 28.8 Å². The van der Waals surface area contributed by atoms with E-state index >= 15 is 0 Å². The summed E-state index contributed by atoms with van der Waals surface area (Å²) in [5.41, 5.74) is 2.64. The number of fused-ring (bicyclic) bond motifs is 2. The van der Waals surface area contributed by atoms with Gasteiger partial charge in [0.1, 0.15) is 17.2 Å². The van der Waals surface area contributed by atoms with E-state index in [0.29, 0.717) is 58.1 Å². The summed E-state index contributed by atoms with van der Waals surface area (Å²) in [6.45, 7) is 0.807. The first-order chi connectivity index (χ1) is 18.6. The van der Waals surface area contributed by atoms with Crippen molar-refractivity contribution in [1.29, 1.82) is 0 Å². The van der Waals surface area contributed by atoms with Crippen molar-refractivity contribution in [3.63, 3.8) is 0 Å². The van der Waals surface area contributed by atoms with Crippen molar-refractivity contribution in [1.82, 2.24) is 10.1 Å². The molecule has 0 bridgehead atoms. The highest BCUT2D eigenvalue weighted by molar-refractivity contribution is 5.95. The van der Waals surface area contributed by atoms with E-state index < -0.39 is 0 Å². The average molecular weight is 517 g/mol. The van der Waals surface area contributed by atoms with Crippen LogP contribution < -0.4 is 28.4 Å². The van der Waals surface area contributed by atoms with E-state index in [4.69, 9.17) is 32.9 Å². The summed E-state index contributed by atoms with van der Waals surface area (Å²) in [5, 5.41) is 4.24. The van der Waals surface area contributed by atoms with Gasteiger partial charge < -0.3 is 37.8 Å². The summed E-state index contributed by atoms with van der Waals surface area (Å²) in [6, 6.07) is 18.0. The van der Waals surface area contributed by atoms with Gasteiger partial charge in [-0.05, 0) is 48.0 Å². The van der Waals surface area contributed by atoms with Crippen LogP contribution in [-0.2, 0) is 13.1 Å². The van der Waals surface area contributed by atoms with Crippen molar-refractivity contribution in [3.8, 4) is 45.8 Å². The number of carbonyl (C=O) groups is 1. The molecule has 10 heteroatoms. The Balaban J connectivity index is 1.29. The molecule has 1 amide bonds. The zero-order valence-electron chi connectivity index (χ0n) is 20.8. The van der Waals surface area contributed by atoms with Crippen molar-refractivity contribution < 1.29 is 37.7 Å². The molecule has 3 aromatic carbocycles. The maximum atomic E-state index is 13.7. The van der Waals surface area contributed by atoms with Gasteiger partial charge in [0.2, 0.25) is 13.6 Å². The lowest BCUT2D eigenvalue weighted by Crippen LogP contribution is -2.30. The molecule has 4 aromatic rings. The number of carbonyl (C=O) groups excluding carboxylic acids is 1. The summed E-state index contributed by atoms with van der Waals surface area (Å²) in [5.74, 6) is 4.03. The highest BCUT2D eigenvalue weighted by Gasteiger charge is 2.24. The van der Waals surface area contributed by atoms with Crippen LogP contribution in [0.15, 0.2) is 65.2 Å². The van der Waals surface area contributed by atoms with Crippen LogP contribution >= 0.6 is 0 Å².